The van der Waals surface area contributed by atoms with Crippen LogP contribution < -0.4 is 5.73 Å². The van der Waals surface area contributed by atoms with Gasteiger partial charge in [-0.15, -0.1) is 0 Å². The first kappa shape index (κ1) is 24.1. The highest BCUT2D eigenvalue weighted by Gasteiger charge is 2.33. The standard InChI is InChI=1S/C22H18ClF3N6O/c1-21(2,33)5-6-32-11-13(10-30-32)19-14(8-27)18(15(9-28)20(29)31-19)12-3-4-16(17(23)7-12)22(24,25)26/h3-4,7,10-11,33H,5-6H2,1-2H3,(H2,29,31). The summed E-state index contributed by atoms with van der Waals surface area (Å²) >= 11 is 5.86. The Morgan fingerprint density at radius 1 is 1.15 bits per heavy atom. The molecule has 0 unspecified atom stereocenters. The van der Waals surface area contributed by atoms with E-state index < -0.39 is 22.4 Å². The van der Waals surface area contributed by atoms with Crippen LogP contribution in [0.3, 0.4) is 0 Å². The molecule has 3 N–H and O–H groups in total. The number of nitrogens with zero attached hydrogens (tertiary/aromatic N) is 5. The lowest BCUT2D eigenvalue weighted by atomic mass is 9.92. The predicted octanol–water partition coefficient (Wildman–Crippen LogP) is 4.77. The molecule has 0 saturated carbocycles. The average Bonchev–Trinajstić information content (AvgIpc) is 3.19. The quantitative estimate of drug-likeness (QED) is 0.548. The zero-order chi connectivity index (χ0) is 24.6. The van der Waals surface area contributed by atoms with Crippen molar-refractivity contribution >= 4 is 17.4 Å². The van der Waals surface area contributed by atoms with E-state index in [2.05, 4.69) is 10.1 Å². The van der Waals surface area contributed by atoms with Crippen LogP contribution >= 0.6 is 11.6 Å². The summed E-state index contributed by atoms with van der Waals surface area (Å²) in [6, 6.07) is 6.80. The number of nitriles is 2. The number of aryl methyl sites for hydroxylation is 1. The van der Waals surface area contributed by atoms with Crippen molar-refractivity contribution in [2.24, 2.45) is 0 Å². The summed E-state index contributed by atoms with van der Waals surface area (Å²) in [5.74, 6) is -0.193. The Kier molecular flexibility index (Phi) is 6.37. The van der Waals surface area contributed by atoms with Gasteiger partial charge in [-0.05, 0) is 38.0 Å². The van der Waals surface area contributed by atoms with E-state index in [0.717, 1.165) is 18.2 Å². The third kappa shape index (κ3) is 5.08. The maximum absolute atomic E-state index is 13.1. The van der Waals surface area contributed by atoms with Crippen molar-refractivity contribution in [1.82, 2.24) is 14.8 Å². The van der Waals surface area contributed by atoms with Gasteiger partial charge in [-0.3, -0.25) is 4.68 Å². The first-order valence-corrected chi connectivity index (χ1v) is 9.99. The zero-order valence-corrected chi connectivity index (χ0v) is 18.3. The number of pyridine rings is 1. The smallest absolute Gasteiger partial charge is 0.390 e. The fourth-order valence-electron chi connectivity index (χ4n) is 3.22. The molecule has 33 heavy (non-hydrogen) atoms. The summed E-state index contributed by atoms with van der Waals surface area (Å²) in [5, 5.41) is 33.0. The molecule has 0 amide bonds. The monoisotopic (exact) mass is 474 g/mol. The van der Waals surface area contributed by atoms with Gasteiger partial charge in [0.15, 0.2) is 0 Å². The van der Waals surface area contributed by atoms with Gasteiger partial charge in [-0.1, -0.05) is 17.7 Å². The second-order valence-electron chi connectivity index (χ2n) is 7.94. The topological polar surface area (TPSA) is 125 Å². The molecule has 0 bridgehead atoms. The van der Waals surface area contributed by atoms with Crippen molar-refractivity contribution in [3.63, 3.8) is 0 Å². The lowest BCUT2D eigenvalue weighted by Gasteiger charge is -2.16. The molecular formula is C22H18ClF3N6O. The van der Waals surface area contributed by atoms with Crippen LogP contribution in [0.25, 0.3) is 22.4 Å². The van der Waals surface area contributed by atoms with Crippen LogP contribution in [0.15, 0.2) is 30.6 Å². The number of alkyl halides is 3. The molecule has 11 heteroatoms. The van der Waals surface area contributed by atoms with Crippen LogP contribution in [0.1, 0.15) is 37.0 Å². The predicted molar refractivity (Wildman–Crippen MR) is 116 cm³/mol. The van der Waals surface area contributed by atoms with Gasteiger partial charge >= 0.3 is 6.18 Å². The lowest BCUT2D eigenvalue weighted by Crippen LogP contribution is -2.21. The Morgan fingerprint density at radius 2 is 1.82 bits per heavy atom. The third-order valence-corrected chi connectivity index (χ3v) is 5.18. The second kappa shape index (κ2) is 8.74. The number of aliphatic hydroxyl groups is 1. The fourth-order valence-corrected chi connectivity index (χ4v) is 3.51. The summed E-state index contributed by atoms with van der Waals surface area (Å²) in [5.41, 5.74) is 4.50. The van der Waals surface area contributed by atoms with Crippen LogP contribution in [0, 0.1) is 22.7 Å². The van der Waals surface area contributed by atoms with Gasteiger partial charge in [-0.25, -0.2) is 4.98 Å². The van der Waals surface area contributed by atoms with Crippen molar-refractivity contribution in [2.75, 3.05) is 5.73 Å². The molecule has 0 fully saturated rings. The maximum Gasteiger partial charge on any atom is 0.417 e. The summed E-state index contributed by atoms with van der Waals surface area (Å²) in [6.45, 7) is 3.71. The molecule has 1 aromatic carbocycles. The number of nitrogens with two attached hydrogens (primary N) is 1. The van der Waals surface area contributed by atoms with Gasteiger partial charge in [0.05, 0.1) is 33.6 Å². The average molecular weight is 475 g/mol. The van der Waals surface area contributed by atoms with Crippen molar-refractivity contribution < 1.29 is 18.3 Å². The van der Waals surface area contributed by atoms with E-state index in [1.807, 2.05) is 12.1 Å². The van der Waals surface area contributed by atoms with Crippen molar-refractivity contribution in [3.05, 3.63) is 52.3 Å². The molecule has 0 aliphatic carbocycles. The van der Waals surface area contributed by atoms with E-state index in [4.69, 9.17) is 17.3 Å². The largest absolute Gasteiger partial charge is 0.417 e. The summed E-state index contributed by atoms with van der Waals surface area (Å²) in [4.78, 5) is 4.19. The van der Waals surface area contributed by atoms with Gasteiger partial charge in [-0.2, -0.15) is 28.8 Å². The number of hydrogen-bond acceptors (Lipinski definition) is 6. The lowest BCUT2D eigenvalue weighted by molar-refractivity contribution is -0.137. The molecule has 0 atom stereocenters. The molecule has 170 valence electrons. The molecule has 2 aromatic heterocycles. The Labute approximate surface area is 192 Å². The minimum Gasteiger partial charge on any atom is -0.390 e. The van der Waals surface area contributed by atoms with E-state index in [0.29, 0.717) is 18.5 Å². The van der Waals surface area contributed by atoms with Crippen LogP contribution in [0.2, 0.25) is 5.02 Å². The number of aromatic nitrogens is 3. The van der Waals surface area contributed by atoms with Crippen molar-refractivity contribution in [3.8, 4) is 34.5 Å². The van der Waals surface area contributed by atoms with E-state index in [-0.39, 0.29) is 33.8 Å². The van der Waals surface area contributed by atoms with Gasteiger partial charge in [0, 0.05) is 23.9 Å². The summed E-state index contributed by atoms with van der Waals surface area (Å²) in [6.07, 6.45) is -1.20. The van der Waals surface area contributed by atoms with Crippen molar-refractivity contribution in [2.45, 2.75) is 38.6 Å². The van der Waals surface area contributed by atoms with E-state index in [1.165, 1.54) is 6.20 Å². The van der Waals surface area contributed by atoms with E-state index >= 15 is 0 Å². The molecule has 2 heterocycles. The van der Waals surface area contributed by atoms with E-state index in [9.17, 15) is 28.8 Å². The number of benzene rings is 1. The van der Waals surface area contributed by atoms with Crippen LogP contribution in [0.5, 0.6) is 0 Å². The highest BCUT2D eigenvalue weighted by Crippen LogP contribution is 2.40. The maximum atomic E-state index is 13.1. The number of halogens is 4. The SMILES string of the molecule is CC(C)(O)CCn1cc(-c2nc(N)c(C#N)c(-c3ccc(C(F)(F)F)c(Cl)c3)c2C#N)cn1. The minimum absolute atomic E-state index is 0.0300. The van der Waals surface area contributed by atoms with Crippen LogP contribution in [-0.2, 0) is 12.7 Å². The Bertz CT molecular complexity index is 1300. The molecular weight excluding hydrogens is 457 g/mol. The number of nitrogen functional groups attached to an aromatic ring is 1. The third-order valence-electron chi connectivity index (χ3n) is 4.87. The highest BCUT2D eigenvalue weighted by molar-refractivity contribution is 6.31. The highest BCUT2D eigenvalue weighted by atomic mass is 35.5. The van der Waals surface area contributed by atoms with E-state index in [1.54, 1.807) is 24.7 Å². The molecule has 3 aromatic rings. The van der Waals surface area contributed by atoms with Crippen LogP contribution in [0.4, 0.5) is 19.0 Å². The Hall–Kier alpha value is -3.60. The van der Waals surface area contributed by atoms with Gasteiger partial charge in [0.1, 0.15) is 23.5 Å². The van der Waals surface area contributed by atoms with Gasteiger partial charge in [0.25, 0.3) is 0 Å². The number of anilines is 1. The Balaban J connectivity index is 2.18. The minimum atomic E-state index is -4.66. The fraction of sp³-hybridized carbons (Fsp3) is 0.273. The molecule has 0 aliphatic heterocycles. The first-order chi connectivity index (χ1) is 15.4. The molecule has 0 radical (unpaired) electrons. The van der Waals surface area contributed by atoms with Crippen LogP contribution in [-0.4, -0.2) is 25.5 Å². The number of hydrogen-bond donors (Lipinski definition) is 2. The number of rotatable bonds is 5. The van der Waals surface area contributed by atoms with Gasteiger partial charge < -0.3 is 10.8 Å². The molecule has 0 spiro atoms. The normalized spacial score (nSPS) is 11.8. The summed E-state index contributed by atoms with van der Waals surface area (Å²) in [7, 11) is 0. The first-order valence-electron chi connectivity index (χ1n) is 9.61. The molecule has 0 aliphatic rings. The Morgan fingerprint density at radius 3 is 2.36 bits per heavy atom. The van der Waals surface area contributed by atoms with Crippen molar-refractivity contribution in [1.29, 1.82) is 10.5 Å². The summed E-state index contributed by atoms with van der Waals surface area (Å²) < 4.78 is 40.9. The zero-order valence-electron chi connectivity index (χ0n) is 17.6. The van der Waals surface area contributed by atoms with Gasteiger partial charge in [0.2, 0.25) is 0 Å². The molecule has 0 saturated heterocycles. The molecule has 3 rings (SSSR count). The molecule has 7 nitrogen and oxygen atoms in total. The second-order valence-corrected chi connectivity index (χ2v) is 8.35.